The minimum absolute atomic E-state index is 0.506. The van der Waals surface area contributed by atoms with Crippen molar-refractivity contribution >= 4 is 22.9 Å². The Morgan fingerprint density at radius 2 is 2.25 bits per heavy atom. The van der Waals surface area contributed by atoms with E-state index >= 15 is 0 Å². The number of benzene rings is 1. The maximum atomic E-state index is 5.77. The largest absolute Gasteiger partial charge is 0.496 e. The third-order valence-electron chi connectivity index (χ3n) is 2.27. The molecule has 0 fully saturated rings. The average Bonchev–Trinajstić information content (AvgIpc) is 2.77. The van der Waals surface area contributed by atoms with Crippen LogP contribution in [-0.4, -0.2) is 12.1 Å². The fourth-order valence-corrected chi connectivity index (χ4v) is 2.49. The van der Waals surface area contributed by atoms with E-state index in [1.54, 1.807) is 18.4 Å². The van der Waals surface area contributed by atoms with E-state index in [-0.39, 0.29) is 0 Å². The van der Waals surface area contributed by atoms with Crippen molar-refractivity contribution in [3.8, 4) is 16.3 Å². The van der Waals surface area contributed by atoms with Crippen molar-refractivity contribution in [1.82, 2.24) is 4.98 Å². The highest BCUT2D eigenvalue weighted by molar-refractivity contribution is 7.15. The maximum absolute atomic E-state index is 5.77. The highest BCUT2D eigenvalue weighted by Crippen LogP contribution is 2.33. The van der Waals surface area contributed by atoms with E-state index in [1.165, 1.54) is 5.56 Å². The van der Waals surface area contributed by atoms with Gasteiger partial charge < -0.3 is 4.74 Å². The third kappa shape index (κ3) is 2.20. The maximum Gasteiger partial charge on any atom is 0.129 e. The summed E-state index contributed by atoms with van der Waals surface area (Å²) in [5, 5.41) is 0.951. The van der Waals surface area contributed by atoms with Gasteiger partial charge in [0.05, 0.1) is 18.6 Å². The molecular formula is C12H12ClNOS. The van der Waals surface area contributed by atoms with Crippen LogP contribution in [-0.2, 0) is 5.88 Å². The van der Waals surface area contributed by atoms with Gasteiger partial charge in [-0.05, 0) is 24.6 Å². The van der Waals surface area contributed by atoms with Crippen molar-refractivity contribution in [2.75, 3.05) is 7.11 Å². The second-order valence-electron chi connectivity index (χ2n) is 3.47. The van der Waals surface area contributed by atoms with Gasteiger partial charge in [-0.3, -0.25) is 0 Å². The van der Waals surface area contributed by atoms with Gasteiger partial charge >= 0.3 is 0 Å². The summed E-state index contributed by atoms with van der Waals surface area (Å²) in [6.45, 7) is 2.04. The lowest BCUT2D eigenvalue weighted by Gasteiger charge is -2.06. The second-order valence-corrected chi connectivity index (χ2v) is 4.85. The summed E-state index contributed by atoms with van der Waals surface area (Å²) in [6.07, 6.45) is 1.81. The number of thiazole rings is 1. The Bertz CT molecular complexity index is 496. The Morgan fingerprint density at radius 3 is 2.88 bits per heavy atom. The van der Waals surface area contributed by atoms with Crippen LogP contribution >= 0.6 is 22.9 Å². The summed E-state index contributed by atoms with van der Waals surface area (Å²) in [6, 6.07) is 6.10. The van der Waals surface area contributed by atoms with Crippen molar-refractivity contribution < 1.29 is 4.74 Å². The fourth-order valence-electron chi connectivity index (χ4n) is 1.47. The van der Waals surface area contributed by atoms with Crippen molar-refractivity contribution in [3.05, 3.63) is 34.8 Å². The standard InChI is InChI=1S/C12H12ClNOS/c1-8-3-4-10(11(5-8)15-2)12-14-7-9(6-13)16-12/h3-5,7H,6H2,1-2H3. The van der Waals surface area contributed by atoms with Crippen LogP contribution in [0.4, 0.5) is 0 Å². The monoisotopic (exact) mass is 253 g/mol. The van der Waals surface area contributed by atoms with Gasteiger partial charge in [0.15, 0.2) is 0 Å². The van der Waals surface area contributed by atoms with E-state index in [9.17, 15) is 0 Å². The van der Waals surface area contributed by atoms with E-state index < -0.39 is 0 Å². The number of aromatic nitrogens is 1. The van der Waals surface area contributed by atoms with Crippen LogP contribution in [0.3, 0.4) is 0 Å². The predicted octanol–water partition coefficient (Wildman–Crippen LogP) is 3.87. The molecular weight excluding hydrogens is 242 g/mol. The first-order valence-corrected chi connectivity index (χ1v) is 6.25. The van der Waals surface area contributed by atoms with Crippen LogP contribution in [0, 0.1) is 6.92 Å². The Hall–Kier alpha value is -1.06. The zero-order chi connectivity index (χ0) is 11.5. The van der Waals surface area contributed by atoms with E-state index in [0.29, 0.717) is 5.88 Å². The molecule has 1 heterocycles. The van der Waals surface area contributed by atoms with Gasteiger partial charge in [-0.15, -0.1) is 22.9 Å². The molecule has 0 unspecified atom stereocenters. The lowest BCUT2D eigenvalue weighted by molar-refractivity contribution is 0.416. The lowest BCUT2D eigenvalue weighted by atomic mass is 10.1. The van der Waals surface area contributed by atoms with Gasteiger partial charge in [-0.1, -0.05) is 6.07 Å². The summed E-state index contributed by atoms with van der Waals surface area (Å²) in [5.41, 5.74) is 2.20. The van der Waals surface area contributed by atoms with Gasteiger partial charge in [-0.2, -0.15) is 0 Å². The quantitative estimate of drug-likeness (QED) is 0.775. The van der Waals surface area contributed by atoms with Gasteiger partial charge in [0.2, 0.25) is 0 Å². The fraction of sp³-hybridized carbons (Fsp3) is 0.250. The molecule has 0 aliphatic heterocycles. The highest BCUT2D eigenvalue weighted by Gasteiger charge is 2.09. The molecule has 0 saturated heterocycles. The Morgan fingerprint density at radius 1 is 1.44 bits per heavy atom. The number of aryl methyl sites for hydroxylation is 1. The van der Waals surface area contributed by atoms with Gasteiger partial charge in [0, 0.05) is 11.1 Å². The molecule has 0 radical (unpaired) electrons. The summed E-state index contributed by atoms with van der Waals surface area (Å²) in [5.74, 6) is 1.36. The number of ether oxygens (including phenoxy) is 1. The van der Waals surface area contributed by atoms with E-state index in [4.69, 9.17) is 16.3 Å². The van der Waals surface area contributed by atoms with Crippen LogP contribution in [0.25, 0.3) is 10.6 Å². The number of halogens is 1. The molecule has 84 valence electrons. The van der Waals surface area contributed by atoms with E-state index in [1.807, 2.05) is 25.3 Å². The molecule has 0 aliphatic rings. The Balaban J connectivity index is 2.46. The van der Waals surface area contributed by atoms with Gasteiger partial charge in [-0.25, -0.2) is 4.98 Å². The number of methoxy groups -OCH3 is 1. The summed E-state index contributed by atoms with van der Waals surface area (Å²) in [7, 11) is 1.67. The predicted molar refractivity (Wildman–Crippen MR) is 68.4 cm³/mol. The Labute approximate surface area is 104 Å². The normalized spacial score (nSPS) is 10.4. The topological polar surface area (TPSA) is 22.1 Å². The first kappa shape index (κ1) is 11.4. The van der Waals surface area contributed by atoms with E-state index in [0.717, 1.165) is 21.2 Å². The summed E-state index contributed by atoms with van der Waals surface area (Å²) >= 11 is 7.36. The third-order valence-corrected chi connectivity index (χ3v) is 3.75. The summed E-state index contributed by atoms with van der Waals surface area (Å²) < 4.78 is 5.36. The molecule has 0 bridgehead atoms. The molecule has 0 atom stereocenters. The SMILES string of the molecule is COc1cc(C)ccc1-c1ncc(CCl)s1. The van der Waals surface area contributed by atoms with Crippen molar-refractivity contribution in [2.24, 2.45) is 0 Å². The molecule has 0 N–H and O–H groups in total. The zero-order valence-electron chi connectivity index (χ0n) is 9.16. The molecule has 0 amide bonds. The van der Waals surface area contributed by atoms with Crippen LogP contribution in [0.5, 0.6) is 5.75 Å². The van der Waals surface area contributed by atoms with Gasteiger partial charge in [0.25, 0.3) is 0 Å². The van der Waals surface area contributed by atoms with Crippen LogP contribution in [0.1, 0.15) is 10.4 Å². The second kappa shape index (κ2) is 4.85. The summed E-state index contributed by atoms with van der Waals surface area (Å²) in [4.78, 5) is 5.42. The first-order valence-electron chi connectivity index (χ1n) is 4.90. The smallest absolute Gasteiger partial charge is 0.129 e. The number of hydrogen-bond acceptors (Lipinski definition) is 3. The molecule has 4 heteroatoms. The van der Waals surface area contributed by atoms with E-state index in [2.05, 4.69) is 11.1 Å². The molecule has 2 aromatic rings. The molecule has 1 aromatic carbocycles. The minimum atomic E-state index is 0.506. The Kier molecular flexibility index (Phi) is 3.46. The van der Waals surface area contributed by atoms with Crippen LogP contribution < -0.4 is 4.74 Å². The first-order chi connectivity index (χ1) is 7.74. The highest BCUT2D eigenvalue weighted by atomic mass is 35.5. The minimum Gasteiger partial charge on any atom is -0.496 e. The van der Waals surface area contributed by atoms with Gasteiger partial charge in [0.1, 0.15) is 10.8 Å². The zero-order valence-corrected chi connectivity index (χ0v) is 10.7. The van der Waals surface area contributed by atoms with Crippen molar-refractivity contribution in [1.29, 1.82) is 0 Å². The lowest BCUT2D eigenvalue weighted by Crippen LogP contribution is -1.88. The molecule has 2 nitrogen and oxygen atoms in total. The molecule has 0 spiro atoms. The van der Waals surface area contributed by atoms with Crippen molar-refractivity contribution in [3.63, 3.8) is 0 Å². The van der Waals surface area contributed by atoms with Crippen LogP contribution in [0.15, 0.2) is 24.4 Å². The number of alkyl halides is 1. The average molecular weight is 254 g/mol. The molecule has 16 heavy (non-hydrogen) atoms. The van der Waals surface area contributed by atoms with Crippen molar-refractivity contribution in [2.45, 2.75) is 12.8 Å². The van der Waals surface area contributed by atoms with Crippen LogP contribution in [0.2, 0.25) is 0 Å². The molecule has 0 aliphatic carbocycles. The number of rotatable bonds is 3. The molecule has 1 aromatic heterocycles. The number of nitrogens with zero attached hydrogens (tertiary/aromatic N) is 1. The molecule has 0 saturated carbocycles. The molecule has 2 rings (SSSR count). The number of hydrogen-bond donors (Lipinski definition) is 0.